The predicted molar refractivity (Wildman–Crippen MR) is 87.9 cm³/mol. The van der Waals surface area contributed by atoms with Crippen LogP contribution in [0.3, 0.4) is 0 Å². The molecule has 2 aromatic rings. The molecular weight excluding hydrogens is 323 g/mol. The summed E-state index contributed by atoms with van der Waals surface area (Å²) in [7, 11) is 0. The topological polar surface area (TPSA) is 32.3 Å². The molecular formula is C16H16ClFN2OS. The molecule has 0 spiro atoms. The fourth-order valence-corrected chi connectivity index (χ4v) is 3.89. The van der Waals surface area contributed by atoms with E-state index in [1.807, 2.05) is 6.07 Å². The van der Waals surface area contributed by atoms with Crippen LogP contribution in [-0.4, -0.2) is 23.9 Å². The largest absolute Gasteiger partial charge is 0.324 e. The highest BCUT2D eigenvalue weighted by Crippen LogP contribution is 2.34. The number of carbonyl (C=O) groups excluding carboxylic acids is 1. The normalized spacial score (nSPS) is 18.5. The Bertz CT molecular complexity index is 662. The number of nitrogens with zero attached hydrogens (tertiary/aromatic N) is 1. The number of hydrogen-bond donors (Lipinski definition) is 1. The Kier molecular flexibility index (Phi) is 4.76. The number of carbonyl (C=O) groups is 1. The summed E-state index contributed by atoms with van der Waals surface area (Å²) in [6.07, 6.45) is 2.16. The first-order valence-electron chi connectivity index (χ1n) is 7.16. The second-order valence-electron chi connectivity index (χ2n) is 5.32. The van der Waals surface area contributed by atoms with E-state index in [1.165, 1.54) is 23.1 Å². The van der Waals surface area contributed by atoms with Gasteiger partial charge in [-0.25, -0.2) is 4.39 Å². The molecule has 0 aliphatic carbocycles. The molecule has 1 saturated heterocycles. The third-order valence-electron chi connectivity index (χ3n) is 3.79. The summed E-state index contributed by atoms with van der Waals surface area (Å²) >= 11 is 7.66. The first-order chi connectivity index (χ1) is 10.6. The van der Waals surface area contributed by atoms with Gasteiger partial charge < -0.3 is 5.32 Å². The predicted octanol–water partition coefficient (Wildman–Crippen LogP) is 4.32. The molecule has 3 rings (SSSR count). The van der Waals surface area contributed by atoms with Crippen LogP contribution in [0.2, 0.25) is 5.02 Å². The highest BCUT2D eigenvalue weighted by Gasteiger charge is 2.28. The van der Waals surface area contributed by atoms with Crippen molar-refractivity contribution in [2.24, 2.45) is 0 Å². The number of halogens is 2. The Morgan fingerprint density at radius 3 is 3.05 bits per heavy atom. The highest BCUT2D eigenvalue weighted by atomic mass is 35.5. The van der Waals surface area contributed by atoms with Crippen molar-refractivity contribution >= 4 is 34.5 Å². The molecule has 1 aromatic carbocycles. The van der Waals surface area contributed by atoms with E-state index in [9.17, 15) is 9.18 Å². The Hall–Kier alpha value is -1.43. The molecule has 1 amide bonds. The van der Waals surface area contributed by atoms with Crippen LogP contribution in [0.4, 0.5) is 10.1 Å². The minimum Gasteiger partial charge on any atom is -0.324 e. The molecule has 1 N–H and O–H groups in total. The lowest BCUT2D eigenvalue weighted by Gasteiger charge is -2.23. The second kappa shape index (κ2) is 6.77. The van der Waals surface area contributed by atoms with Crippen LogP contribution in [0.25, 0.3) is 0 Å². The minimum absolute atomic E-state index is 0.128. The number of rotatable bonds is 4. The maximum absolute atomic E-state index is 13.0. The third kappa shape index (κ3) is 3.48. The Balaban J connectivity index is 1.64. The first kappa shape index (κ1) is 15.5. The molecule has 1 atom stereocenters. The molecule has 2 heterocycles. The van der Waals surface area contributed by atoms with Crippen molar-refractivity contribution in [2.45, 2.75) is 18.9 Å². The molecule has 0 unspecified atom stereocenters. The monoisotopic (exact) mass is 338 g/mol. The van der Waals surface area contributed by atoms with Gasteiger partial charge in [-0.2, -0.15) is 0 Å². The zero-order valence-corrected chi connectivity index (χ0v) is 13.5. The zero-order valence-electron chi connectivity index (χ0n) is 11.9. The maximum atomic E-state index is 13.0. The van der Waals surface area contributed by atoms with E-state index >= 15 is 0 Å². The Morgan fingerprint density at radius 2 is 2.32 bits per heavy atom. The van der Waals surface area contributed by atoms with Gasteiger partial charge in [0.05, 0.1) is 17.3 Å². The van der Waals surface area contributed by atoms with E-state index in [0.717, 1.165) is 19.4 Å². The molecule has 3 nitrogen and oxygen atoms in total. The van der Waals surface area contributed by atoms with Crippen molar-refractivity contribution in [2.75, 3.05) is 18.4 Å². The van der Waals surface area contributed by atoms with E-state index in [2.05, 4.69) is 21.7 Å². The number of benzene rings is 1. The summed E-state index contributed by atoms with van der Waals surface area (Å²) in [5.41, 5.74) is 0.444. The Morgan fingerprint density at radius 1 is 1.45 bits per heavy atom. The molecule has 0 radical (unpaired) electrons. The quantitative estimate of drug-likeness (QED) is 0.900. The lowest BCUT2D eigenvalue weighted by Crippen LogP contribution is -2.32. The molecule has 0 saturated carbocycles. The minimum atomic E-state index is -0.416. The number of likely N-dealkylation sites (tertiary alicyclic amines) is 1. The third-order valence-corrected chi connectivity index (χ3v) is 5.07. The van der Waals surface area contributed by atoms with E-state index < -0.39 is 5.82 Å². The fraction of sp³-hybridized carbons (Fsp3) is 0.312. The molecule has 22 heavy (non-hydrogen) atoms. The zero-order chi connectivity index (χ0) is 15.5. The number of hydrogen-bond acceptors (Lipinski definition) is 3. The van der Waals surface area contributed by atoms with Gasteiger partial charge in [0.1, 0.15) is 5.82 Å². The standard InChI is InChI=1S/C16H16ClFN2OS/c17-12-9-11(18)5-6-13(12)19-16(21)10-20-7-1-3-14(20)15-4-2-8-22-15/h2,4-6,8-9,14H,1,3,7,10H2,(H,19,21)/t14-/m0/s1. The molecule has 1 fully saturated rings. The van der Waals surface area contributed by atoms with Gasteiger partial charge in [0.25, 0.3) is 0 Å². The number of anilines is 1. The summed E-state index contributed by atoms with van der Waals surface area (Å²) in [5.74, 6) is -0.544. The summed E-state index contributed by atoms with van der Waals surface area (Å²) < 4.78 is 13.0. The molecule has 1 aliphatic rings. The lowest BCUT2D eigenvalue weighted by atomic mass is 10.2. The summed E-state index contributed by atoms with van der Waals surface area (Å²) in [6.45, 7) is 1.23. The smallest absolute Gasteiger partial charge is 0.238 e. The van der Waals surface area contributed by atoms with Crippen LogP contribution in [-0.2, 0) is 4.79 Å². The van der Waals surface area contributed by atoms with Crippen molar-refractivity contribution in [3.63, 3.8) is 0 Å². The van der Waals surface area contributed by atoms with Gasteiger partial charge in [0, 0.05) is 10.9 Å². The van der Waals surface area contributed by atoms with Gasteiger partial charge in [-0.05, 0) is 49.0 Å². The number of thiophene rings is 1. The van der Waals surface area contributed by atoms with Gasteiger partial charge in [0.15, 0.2) is 0 Å². The summed E-state index contributed by atoms with van der Waals surface area (Å²) in [5, 5.41) is 5.03. The van der Waals surface area contributed by atoms with Crippen LogP contribution in [0.1, 0.15) is 23.8 Å². The van der Waals surface area contributed by atoms with Crippen LogP contribution >= 0.6 is 22.9 Å². The maximum Gasteiger partial charge on any atom is 0.238 e. The molecule has 1 aromatic heterocycles. The molecule has 0 bridgehead atoms. The molecule has 116 valence electrons. The SMILES string of the molecule is O=C(CN1CCC[C@H]1c1cccs1)Nc1ccc(F)cc1Cl. The Labute approximate surface area is 137 Å². The van der Waals surface area contributed by atoms with Gasteiger partial charge >= 0.3 is 0 Å². The van der Waals surface area contributed by atoms with Crippen molar-refractivity contribution in [1.82, 2.24) is 4.90 Å². The average molecular weight is 339 g/mol. The van der Waals surface area contributed by atoms with Crippen molar-refractivity contribution in [3.05, 3.63) is 51.4 Å². The lowest BCUT2D eigenvalue weighted by molar-refractivity contribution is -0.117. The fourth-order valence-electron chi connectivity index (χ4n) is 2.78. The average Bonchev–Trinajstić information content (AvgIpc) is 3.12. The van der Waals surface area contributed by atoms with Gasteiger partial charge in [-0.15, -0.1) is 11.3 Å². The van der Waals surface area contributed by atoms with E-state index in [-0.39, 0.29) is 10.9 Å². The van der Waals surface area contributed by atoms with E-state index in [4.69, 9.17) is 11.6 Å². The van der Waals surface area contributed by atoms with Crippen LogP contribution in [0.15, 0.2) is 35.7 Å². The second-order valence-corrected chi connectivity index (χ2v) is 6.70. The number of nitrogens with one attached hydrogen (secondary N) is 1. The summed E-state index contributed by atoms with van der Waals surface area (Å²) in [6, 6.07) is 8.43. The highest BCUT2D eigenvalue weighted by molar-refractivity contribution is 7.10. The van der Waals surface area contributed by atoms with Crippen molar-refractivity contribution in [3.8, 4) is 0 Å². The summed E-state index contributed by atoms with van der Waals surface area (Å²) in [4.78, 5) is 15.7. The van der Waals surface area contributed by atoms with Crippen LogP contribution in [0.5, 0.6) is 0 Å². The molecule has 1 aliphatic heterocycles. The van der Waals surface area contributed by atoms with E-state index in [1.54, 1.807) is 11.3 Å². The van der Waals surface area contributed by atoms with E-state index in [0.29, 0.717) is 18.3 Å². The molecule has 6 heteroatoms. The van der Waals surface area contributed by atoms with Gasteiger partial charge in [-0.3, -0.25) is 9.69 Å². The van der Waals surface area contributed by atoms with Crippen LogP contribution in [0, 0.1) is 5.82 Å². The van der Waals surface area contributed by atoms with Crippen LogP contribution < -0.4 is 5.32 Å². The van der Waals surface area contributed by atoms with Crippen molar-refractivity contribution < 1.29 is 9.18 Å². The van der Waals surface area contributed by atoms with Gasteiger partial charge in [-0.1, -0.05) is 17.7 Å². The van der Waals surface area contributed by atoms with Crippen molar-refractivity contribution in [1.29, 1.82) is 0 Å². The first-order valence-corrected chi connectivity index (χ1v) is 8.41. The van der Waals surface area contributed by atoms with Gasteiger partial charge in [0.2, 0.25) is 5.91 Å². The number of amides is 1.